The van der Waals surface area contributed by atoms with Gasteiger partial charge in [-0.1, -0.05) is 44.2 Å². The first-order valence-corrected chi connectivity index (χ1v) is 8.05. The van der Waals surface area contributed by atoms with E-state index in [0.717, 1.165) is 26.1 Å². The van der Waals surface area contributed by atoms with Crippen molar-refractivity contribution in [1.82, 2.24) is 10.2 Å². The topological polar surface area (TPSA) is 24.5 Å². The molecule has 1 aliphatic carbocycles. The van der Waals surface area contributed by atoms with Gasteiger partial charge in [-0.15, -0.1) is 0 Å². The molecule has 3 rings (SSSR count). The summed E-state index contributed by atoms with van der Waals surface area (Å²) in [5.41, 5.74) is 1.69. The second-order valence-corrected chi connectivity index (χ2v) is 7.39. The minimum Gasteiger partial charge on any atom is -0.381 e. The molecule has 0 amide bonds. The summed E-state index contributed by atoms with van der Waals surface area (Å²) >= 11 is 0. The smallest absolute Gasteiger partial charge is 0.0652 e. The summed E-state index contributed by atoms with van der Waals surface area (Å²) in [6.07, 6.45) is 1.56. The maximum absolute atomic E-state index is 5.62. The highest BCUT2D eigenvalue weighted by Gasteiger charge is 2.52. The van der Waals surface area contributed by atoms with Crippen LogP contribution in [0.4, 0.5) is 0 Å². The van der Waals surface area contributed by atoms with Gasteiger partial charge in [0.2, 0.25) is 0 Å². The van der Waals surface area contributed by atoms with E-state index in [-0.39, 0.29) is 11.0 Å². The third-order valence-electron chi connectivity index (χ3n) is 5.70. The molecule has 2 fully saturated rings. The molecular formula is C18H28N2O. The quantitative estimate of drug-likeness (QED) is 0.925. The molecule has 3 unspecified atom stereocenters. The molecule has 3 heteroatoms. The lowest BCUT2D eigenvalue weighted by Gasteiger charge is -2.58. The van der Waals surface area contributed by atoms with Crippen molar-refractivity contribution < 1.29 is 4.74 Å². The van der Waals surface area contributed by atoms with E-state index in [4.69, 9.17) is 4.74 Å². The molecule has 0 radical (unpaired) electrons. The van der Waals surface area contributed by atoms with E-state index in [2.05, 4.69) is 61.3 Å². The standard InChI is InChI=1S/C18H28N2O/c1-17(2)15(12-16(17)21-4)20-11-10-19-18(3,13-20)14-8-6-5-7-9-14/h5-9,15-16,19H,10-13H2,1-4H3. The fourth-order valence-corrected chi connectivity index (χ4v) is 4.17. The van der Waals surface area contributed by atoms with E-state index in [9.17, 15) is 0 Å². The summed E-state index contributed by atoms with van der Waals surface area (Å²) < 4.78 is 5.62. The van der Waals surface area contributed by atoms with Crippen LogP contribution in [0, 0.1) is 5.41 Å². The number of benzene rings is 1. The third-order valence-corrected chi connectivity index (χ3v) is 5.70. The van der Waals surface area contributed by atoms with E-state index in [1.807, 2.05) is 7.11 Å². The first kappa shape index (κ1) is 15.0. The van der Waals surface area contributed by atoms with Crippen molar-refractivity contribution in [2.45, 2.75) is 44.9 Å². The molecule has 1 aromatic carbocycles. The Morgan fingerprint density at radius 2 is 1.90 bits per heavy atom. The predicted molar refractivity (Wildman–Crippen MR) is 86.4 cm³/mol. The number of nitrogens with zero attached hydrogens (tertiary/aromatic N) is 1. The van der Waals surface area contributed by atoms with Gasteiger partial charge in [0.05, 0.1) is 11.6 Å². The minimum atomic E-state index is 0.0494. The van der Waals surface area contributed by atoms with Gasteiger partial charge in [-0.3, -0.25) is 4.90 Å². The zero-order valence-corrected chi connectivity index (χ0v) is 13.7. The van der Waals surface area contributed by atoms with Gasteiger partial charge in [0, 0.05) is 38.2 Å². The molecule has 1 saturated carbocycles. The van der Waals surface area contributed by atoms with Gasteiger partial charge in [-0.2, -0.15) is 0 Å². The van der Waals surface area contributed by atoms with Crippen molar-refractivity contribution in [3.63, 3.8) is 0 Å². The van der Waals surface area contributed by atoms with Gasteiger partial charge < -0.3 is 10.1 Å². The van der Waals surface area contributed by atoms with Crippen LogP contribution in [0.2, 0.25) is 0 Å². The number of hydrogen-bond acceptors (Lipinski definition) is 3. The zero-order chi connectivity index (χ0) is 15.1. The minimum absolute atomic E-state index is 0.0494. The van der Waals surface area contributed by atoms with Crippen molar-refractivity contribution in [3.05, 3.63) is 35.9 Å². The Kier molecular flexibility index (Phi) is 3.85. The predicted octanol–water partition coefficient (Wildman–Crippen LogP) is 2.62. The van der Waals surface area contributed by atoms with E-state index in [1.165, 1.54) is 5.56 Å². The molecule has 0 aromatic heterocycles. The van der Waals surface area contributed by atoms with Crippen LogP contribution in [0.25, 0.3) is 0 Å². The number of rotatable bonds is 3. The lowest BCUT2D eigenvalue weighted by Crippen LogP contribution is -2.67. The molecule has 1 aromatic rings. The highest BCUT2D eigenvalue weighted by Crippen LogP contribution is 2.46. The van der Waals surface area contributed by atoms with Gasteiger partial charge in [-0.05, 0) is 18.9 Å². The second kappa shape index (κ2) is 5.38. The molecule has 1 heterocycles. The molecule has 0 spiro atoms. The van der Waals surface area contributed by atoms with Crippen LogP contribution in [0.15, 0.2) is 30.3 Å². The molecule has 3 atom stereocenters. The molecule has 21 heavy (non-hydrogen) atoms. The average Bonchev–Trinajstić information content (AvgIpc) is 2.48. The highest BCUT2D eigenvalue weighted by molar-refractivity contribution is 5.25. The van der Waals surface area contributed by atoms with Gasteiger partial charge in [0.1, 0.15) is 0 Å². The highest BCUT2D eigenvalue weighted by atomic mass is 16.5. The largest absolute Gasteiger partial charge is 0.381 e. The molecule has 3 nitrogen and oxygen atoms in total. The van der Waals surface area contributed by atoms with Crippen LogP contribution in [0.1, 0.15) is 32.8 Å². The third kappa shape index (κ3) is 2.52. The normalized spacial score (nSPS) is 36.2. The Morgan fingerprint density at radius 3 is 2.52 bits per heavy atom. The molecule has 116 valence electrons. The van der Waals surface area contributed by atoms with Gasteiger partial charge in [-0.25, -0.2) is 0 Å². The number of methoxy groups -OCH3 is 1. The average molecular weight is 288 g/mol. The van der Waals surface area contributed by atoms with E-state index in [1.54, 1.807) is 0 Å². The van der Waals surface area contributed by atoms with E-state index in [0.29, 0.717) is 12.1 Å². The fraction of sp³-hybridized carbons (Fsp3) is 0.667. The molecule has 2 aliphatic rings. The Bertz CT molecular complexity index is 487. The summed E-state index contributed by atoms with van der Waals surface area (Å²) in [7, 11) is 1.84. The van der Waals surface area contributed by atoms with Crippen LogP contribution in [-0.4, -0.2) is 43.8 Å². The number of nitrogens with one attached hydrogen (secondary N) is 1. The SMILES string of the molecule is COC1CC(N2CCNC(C)(c3ccccc3)C2)C1(C)C. The Hall–Kier alpha value is -0.900. The maximum Gasteiger partial charge on any atom is 0.0652 e. The van der Waals surface area contributed by atoms with Crippen LogP contribution in [0.5, 0.6) is 0 Å². The zero-order valence-electron chi connectivity index (χ0n) is 13.7. The number of hydrogen-bond donors (Lipinski definition) is 1. The van der Waals surface area contributed by atoms with Crippen molar-refractivity contribution >= 4 is 0 Å². The summed E-state index contributed by atoms with van der Waals surface area (Å²) in [5, 5.41) is 3.72. The van der Waals surface area contributed by atoms with Gasteiger partial charge in [0.25, 0.3) is 0 Å². The lowest BCUT2D eigenvalue weighted by atomic mass is 9.63. The van der Waals surface area contributed by atoms with Crippen molar-refractivity contribution in [1.29, 1.82) is 0 Å². The Labute approximate surface area is 128 Å². The van der Waals surface area contributed by atoms with E-state index >= 15 is 0 Å². The second-order valence-electron chi connectivity index (χ2n) is 7.39. The first-order chi connectivity index (χ1) is 9.97. The van der Waals surface area contributed by atoms with E-state index < -0.39 is 0 Å². The molecule has 1 saturated heterocycles. The summed E-state index contributed by atoms with van der Waals surface area (Å²) in [6, 6.07) is 11.5. The summed E-state index contributed by atoms with van der Waals surface area (Å²) in [6.45, 7) is 10.3. The lowest BCUT2D eigenvalue weighted by molar-refractivity contribution is -0.145. The van der Waals surface area contributed by atoms with Crippen molar-refractivity contribution in [2.24, 2.45) is 5.41 Å². The van der Waals surface area contributed by atoms with Gasteiger partial charge >= 0.3 is 0 Å². The summed E-state index contributed by atoms with van der Waals surface area (Å²) in [5.74, 6) is 0. The van der Waals surface area contributed by atoms with Gasteiger partial charge in [0.15, 0.2) is 0 Å². The molecular weight excluding hydrogens is 260 g/mol. The van der Waals surface area contributed by atoms with Crippen LogP contribution in [-0.2, 0) is 10.3 Å². The molecule has 0 bridgehead atoms. The molecule has 1 aliphatic heterocycles. The Morgan fingerprint density at radius 1 is 1.19 bits per heavy atom. The van der Waals surface area contributed by atoms with Crippen LogP contribution in [0.3, 0.4) is 0 Å². The monoisotopic (exact) mass is 288 g/mol. The van der Waals surface area contributed by atoms with Crippen LogP contribution < -0.4 is 5.32 Å². The van der Waals surface area contributed by atoms with Crippen molar-refractivity contribution in [3.8, 4) is 0 Å². The van der Waals surface area contributed by atoms with Crippen LogP contribution >= 0.6 is 0 Å². The fourth-order valence-electron chi connectivity index (χ4n) is 4.17. The van der Waals surface area contributed by atoms with Crippen molar-refractivity contribution in [2.75, 3.05) is 26.7 Å². The number of ether oxygens (including phenoxy) is 1. The molecule has 1 N–H and O–H groups in total. The maximum atomic E-state index is 5.62. The number of piperazine rings is 1. The Balaban J connectivity index is 1.75. The first-order valence-electron chi connectivity index (χ1n) is 8.05. The summed E-state index contributed by atoms with van der Waals surface area (Å²) in [4.78, 5) is 2.67.